The fraction of sp³-hybridized carbons (Fsp3) is 0.409. The van der Waals surface area contributed by atoms with Crippen molar-refractivity contribution in [3.63, 3.8) is 0 Å². The predicted molar refractivity (Wildman–Crippen MR) is 105 cm³/mol. The lowest BCUT2D eigenvalue weighted by Gasteiger charge is -2.38. The van der Waals surface area contributed by atoms with Gasteiger partial charge in [0.05, 0.1) is 26.2 Å². The fourth-order valence-electron chi connectivity index (χ4n) is 3.95. The molecule has 2 unspecified atom stereocenters. The van der Waals surface area contributed by atoms with Gasteiger partial charge in [0.1, 0.15) is 0 Å². The molecule has 0 saturated carbocycles. The third-order valence-electron chi connectivity index (χ3n) is 5.37. The maximum atomic E-state index is 11.6. The van der Waals surface area contributed by atoms with E-state index < -0.39 is 5.97 Å². The minimum Gasteiger partial charge on any atom is -0.493 e. The lowest BCUT2D eigenvalue weighted by atomic mass is 9.89. The molecule has 0 amide bonds. The topological polar surface area (TPSA) is 59.0 Å². The Balaban J connectivity index is 2.06. The first-order valence-electron chi connectivity index (χ1n) is 9.29. The smallest absolute Gasteiger partial charge is 0.307 e. The molecule has 1 saturated heterocycles. The molecule has 1 N–H and O–H groups in total. The predicted octanol–water partition coefficient (Wildman–Crippen LogP) is 3.90. The van der Waals surface area contributed by atoms with Crippen LogP contribution in [0.3, 0.4) is 0 Å². The molecular formula is C22H27NO4. The number of hydrogen-bond acceptors (Lipinski definition) is 4. The van der Waals surface area contributed by atoms with Crippen molar-refractivity contribution in [3.8, 4) is 11.5 Å². The molecule has 1 aliphatic rings. The molecule has 0 aromatic heterocycles. The van der Waals surface area contributed by atoms with Gasteiger partial charge in [-0.2, -0.15) is 0 Å². The Kier molecular flexibility index (Phi) is 6.01. The van der Waals surface area contributed by atoms with Crippen molar-refractivity contribution >= 4 is 5.97 Å². The van der Waals surface area contributed by atoms with Crippen LogP contribution in [-0.2, 0) is 4.79 Å². The van der Waals surface area contributed by atoms with Gasteiger partial charge in [-0.3, -0.25) is 9.69 Å². The van der Waals surface area contributed by atoms with E-state index in [9.17, 15) is 9.90 Å². The van der Waals surface area contributed by atoms with Crippen molar-refractivity contribution in [2.75, 3.05) is 27.3 Å². The van der Waals surface area contributed by atoms with E-state index in [1.54, 1.807) is 14.2 Å². The number of nitrogens with zero attached hydrogens (tertiary/aromatic N) is 1. The van der Waals surface area contributed by atoms with Crippen molar-refractivity contribution in [1.82, 2.24) is 4.90 Å². The summed E-state index contributed by atoms with van der Waals surface area (Å²) in [7, 11) is 3.25. The maximum Gasteiger partial charge on any atom is 0.307 e. The minimum absolute atomic E-state index is 0.0202. The van der Waals surface area contributed by atoms with Crippen LogP contribution < -0.4 is 9.47 Å². The highest BCUT2D eigenvalue weighted by atomic mass is 16.5. The van der Waals surface area contributed by atoms with Crippen LogP contribution in [0.5, 0.6) is 11.5 Å². The van der Waals surface area contributed by atoms with E-state index >= 15 is 0 Å². The van der Waals surface area contributed by atoms with Crippen LogP contribution in [0.4, 0.5) is 0 Å². The number of likely N-dealkylation sites (tertiary alicyclic amines) is 1. The maximum absolute atomic E-state index is 11.6. The summed E-state index contributed by atoms with van der Waals surface area (Å²) in [4.78, 5) is 13.9. The highest BCUT2D eigenvalue weighted by Gasteiger charge is 2.32. The molecule has 5 heteroatoms. The number of carboxylic acids is 1. The molecule has 1 aliphatic heterocycles. The average molecular weight is 369 g/mol. The summed E-state index contributed by atoms with van der Waals surface area (Å²) in [5.74, 6) is 0.327. The second-order valence-corrected chi connectivity index (χ2v) is 7.05. The normalized spacial score (nSPS) is 18.7. The van der Waals surface area contributed by atoms with Gasteiger partial charge in [-0.1, -0.05) is 30.3 Å². The number of carbonyl (C=O) groups is 1. The van der Waals surface area contributed by atoms with E-state index in [1.807, 2.05) is 30.3 Å². The van der Waals surface area contributed by atoms with Crippen LogP contribution in [0.2, 0.25) is 0 Å². The summed E-state index contributed by atoms with van der Waals surface area (Å²) in [6, 6.07) is 14.2. The van der Waals surface area contributed by atoms with E-state index in [0.29, 0.717) is 18.0 Å². The number of rotatable bonds is 6. The second-order valence-electron chi connectivity index (χ2n) is 7.05. The largest absolute Gasteiger partial charge is 0.493 e. The van der Waals surface area contributed by atoms with Gasteiger partial charge in [-0.05, 0) is 55.1 Å². The molecule has 2 aromatic carbocycles. The summed E-state index contributed by atoms with van der Waals surface area (Å²) in [5.41, 5.74) is 3.46. The summed E-state index contributed by atoms with van der Waals surface area (Å²) >= 11 is 0. The van der Waals surface area contributed by atoms with Crippen LogP contribution in [0, 0.1) is 12.8 Å². The molecular weight excluding hydrogens is 342 g/mol. The number of hydrogen-bond donors (Lipinski definition) is 1. The quantitative estimate of drug-likeness (QED) is 0.837. The number of piperidine rings is 1. The van der Waals surface area contributed by atoms with E-state index in [0.717, 1.165) is 24.9 Å². The molecule has 2 atom stereocenters. The third kappa shape index (κ3) is 4.08. The van der Waals surface area contributed by atoms with Gasteiger partial charge >= 0.3 is 5.97 Å². The molecule has 0 radical (unpaired) electrons. The van der Waals surface area contributed by atoms with E-state index in [4.69, 9.17) is 9.47 Å². The number of carboxylic acid groups (broad SMARTS) is 1. The zero-order valence-corrected chi connectivity index (χ0v) is 16.1. The average Bonchev–Trinajstić information content (AvgIpc) is 2.69. The van der Waals surface area contributed by atoms with E-state index in [-0.39, 0.29) is 12.0 Å². The molecule has 2 aromatic rings. The lowest BCUT2D eigenvalue weighted by molar-refractivity contribution is -0.143. The van der Waals surface area contributed by atoms with Gasteiger partial charge in [-0.25, -0.2) is 0 Å². The number of ether oxygens (including phenoxy) is 2. The van der Waals surface area contributed by atoms with Gasteiger partial charge in [0.2, 0.25) is 0 Å². The van der Waals surface area contributed by atoms with Crippen LogP contribution in [-0.4, -0.2) is 43.3 Å². The fourth-order valence-corrected chi connectivity index (χ4v) is 3.95. The SMILES string of the molecule is COc1ccc(C(c2ccccc2C)N2CCCC(C(=O)O)C2)cc1OC. The number of aliphatic carboxylic acids is 1. The molecule has 1 fully saturated rings. The first kappa shape index (κ1) is 19.2. The Morgan fingerprint density at radius 1 is 1.15 bits per heavy atom. The highest BCUT2D eigenvalue weighted by molar-refractivity contribution is 5.70. The van der Waals surface area contributed by atoms with Crippen LogP contribution in [0.1, 0.15) is 35.6 Å². The van der Waals surface area contributed by atoms with Crippen molar-refractivity contribution in [3.05, 3.63) is 59.2 Å². The van der Waals surface area contributed by atoms with E-state index in [1.165, 1.54) is 11.1 Å². The first-order valence-corrected chi connectivity index (χ1v) is 9.29. The summed E-state index contributed by atoms with van der Waals surface area (Å²) in [6.07, 6.45) is 1.62. The van der Waals surface area contributed by atoms with Crippen molar-refractivity contribution in [2.24, 2.45) is 5.92 Å². The van der Waals surface area contributed by atoms with Crippen molar-refractivity contribution < 1.29 is 19.4 Å². The summed E-state index contributed by atoms with van der Waals surface area (Å²) < 4.78 is 10.9. The zero-order chi connectivity index (χ0) is 19.4. The van der Waals surface area contributed by atoms with Crippen LogP contribution >= 0.6 is 0 Å². The Bertz CT molecular complexity index is 805. The molecule has 5 nitrogen and oxygen atoms in total. The van der Waals surface area contributed by atoms with Crippen LogP contribution in [0.15, 0.2) is 42.5 Å². The molecule has 3 rings (SSSR count). The van der Waals surface area contributed by atoms with Crippen molar-refractivity contribution in [1.29, 1.82) is 0 Å². The molecule has 27 heavy (non-hydrogen) atoms. The molecule has 1 heterocycles. The Labute approximate surface area is 160 Å². The summed E-state index contributed by atoms with van der Waals surface area (Å²) in [6.45, 7) is 3.52. The summed E-state index contributed by atoms with van der Waals surface area (Å²) in [5, 5.41) is 9.52. The van der Waals surface area contributed by atoms with E-state index in [2.05, 4.69) is 24.0 Å². The van der Waals surface area contributed by atoms with Gasteiger partial charge in [0.25, 0.3) is 0 Å². The number of aryl methyl sites for hydroxylation is 1. The Hall–Kier alpha value is -2.53. The molecule has 0 aliphatic carbocycles. The number of methoxy groups -OCH3 is 2. The Morgan fingerprint density at radius 2 is 1.89 bits per heavy atom. The molecule has 0 spiro atoms. The van der Waals surface area contributed by atoms with Crippen LogP contribution in [0.25, 0.3) is 0 Å². The molecule has 144 valence electrons. The standard InChI is InChI=1S/C22H27NO4/c1-15-7-4-5-9-18(15)21(23-12-6-8-17(14-23)22(24)25)16-10-11-19(26-2)20(13-16)27-3/h4-5,7,9-11,13,17,21H,6,8,12,14H2,1-3H3,(H,24,25). The lowest BCUT2D eigenvalue weighted by Crippen LogP contribution is -2.41. The van der Waals surface area contributed by atoms with Crippen molar-refractivity contribution in [2.45, 2.75) is 25.8 Å². The first-order chi connectivity index (χ1) is 13.0. The minimum atomic E-state index is -0.712. The second kappa shape index (κ2) is 8.44. The van der Waals surface area contributed by atoms with Gasteiger partial charge < -0.3 is 14.6 Å². The Morgan fingerprint density at radius 3 is 2.56 bits per heavy atom. The number of benzene rings is 2. The van der Waals surface area contributed by atoms with Gasteiger partial charge in [-0.15, -0.1) is 0 Å². The monoisotopic (exact) mass is 369 g/mol. The molecule has 0 bridgehead atoms. The highest BCUT2D eigenvalue weighted by Crippen LogP contribution is 2.38. The zero-order valence-electron chi connectivity index (χ0n) is 16.1. The third-order valence-corrected chi connectivity index (χ3v) is 5.37. The van der Waals surface area contributed by atoms with Gasteiger partial charge in [0.15, 0.2) is 11.5 Å². The van der Waals surface area contributed by atoms with Gasteiger partial charge in [0, 0.05) is 6.54 Å².